The van der Waals surface area contributed by atoms with Crippen LogP contribution in [0.4, 0.5) is 0 Å². The molecule has 1 saturated heterocycles. The van der Waals surface area contributed by atoms with E-state index in [1.165, 1.54) is 58.0 Å². The second kappa shape index (κ2) is 4.80. The van der Waals surface area contributed by atoms with E-state index in [-0.39, 0.29) is 0 Å². The first-order chi connectivity index (χ1) is 6.47. The Morgan fingerprint density at radius 1 is 0.846 bits per heavy atom. The van der Waals surface area contributed by atoms with Gasteiger partial charge in [0.25, 0.3) is 0 Å². The quantitative estimate of drug-likeness (QED) is 0.559. The fraction of sp³-hybridized carbons (Fsp3) is 0.833. The summed E-state index contributed by atoms with van der Waals surface area (Å²) in [5, 5.41) is 0. The summed E-state index contributed by atoms with van der Waals surface area (Å²) in [6.45, 7) is 2.74. The molecule has 74 valence electrons. The third-order valence-electron chi connectivity index (χ3n) is 3.40. The first kappa shape index (κ1) is 9.26. The Bertz CT molecular complexity index is 168. The summed E-state index contributed by atoms with van der Waals surface area (Å²) in [6, 6.07) is 0.910. The van der Waals surface area contributed by atoms with Gasteiger partial charge in [0.15, 0.2) is 0 Å². The van der Waals surface area contributed by atoms with Gasteiger partial charge in [-0.15, -0.1) is 0 Å². The minimum Gasteiger partial charge on any atom is -0.300 e. The monoisotopic (exact) mass is 179 g/mol. The average molecular weight is 179 g/mol. The molecule has 1 atom stereocenters. The smallest absolute Gasteiger partial charge is 0.00983 e. The molecule has 0 aromatic carbocycles. The van der Waals surface area contributed by atoms with E-state index in [1.54, 1.807) is 0 Å². The zero-order valence-corrected chi connectivity index (χ0v) is 8.54. The first-order valence-electron chi connectivity index (χ1n) is 5.86. The zero-order valence-electron chi connectivity index (χ0n) is 8.54. The van der Waals surface area contributed by atoms with Crippen LogP contribution >= 0.6 is 0 Å². The van der Waals surface area contributed by atoms with Gasteiger partial charge in [0, 0.05) is 6.04 Å². The Balaban J connectivity index is 1.85. The minimum absolute atomic E-state index is 0.910. The van der Waals surface area contributed by atoms with Crippen molar-refractivity contribution in [3.63, 3.8) is 0 Å². The average Bonchev–Trinajstić information content (AvgIpc) is 2.55. The molecule has 1 heteroatoms. The molecule has 0 spiro atoms. The van der Waals surface area contributed by atoms with Crippen LogP contribution in [0.1, 0.15) is 44.9 Å². The fourth-order valence-electron chi connectivity index (χ4n) is 2.61. The van der Waals surface area contributed by atoms with Crippen LogP contribution in [-0.4, -0.2) is 24.0 Å². The van der Waals surface area contributed by atoms with E-state index in [2.05, 4.69) is 17.1 Å². The van der Waals surface area contributed by atoms with E-state index in [4.69, 9.17) is 0 Å². The predicted molar refractivity (Wildman–Crippen MR) is 56.8 cm³/mol. The molecule has 1 fully saturated rings. The maximum atomic E-state index is 2.72. The van der Waals surface area contributed by atoms with Crippen molar-refractivity contribution in [3.05, 3.63) is 12.2 Å². The Hall–Kier alpha value is -0.300. The molecule has 0 N–H and O–H groups in total. The largest absolute Gasteiger partial charge is 0.300 e. The van der Waals surface area contributed by atoms with Crippen molar-refractivity contribution in [1.29, 1.82) is 0 Å². The van der Waals surface area contributed by atoms with Crippen molar-refractivity contribution in [3.8, 4) is 0 Å². The summed E-state index contributed by atoms with van der Waals surface area (Å²) in [5.41, 5.74) is 0. The van der Waals surface area contributed by atoms with Gasteiger partial charge in [0.05, 0.1) is 0 Å². The molecule has 1 nitrogen and oxygen atoms in total. The zero-order chi connectivity index (χ0) is 8.93. The highest BCUT2D eigenvalue weighted by Gasteiger charge is 2.20. The van der Waals surface area contributed by atoms with Gasteiger partial charge in [0.2, 0.25) is 0 Å². The van der Waals surface area contributed by atoms with E-state index in [0.29, 0.717) is 0 Å². The predicted octanol–water partition coefficient (Wildman–Crippen LogP) is 2.97. The molecule has 0 bridgehead atoms. The summed E-state index contributed by atoms with van der Waals surface area (Å²) in [4.78, 5) is 2.72. The van der Waals surface area contributed by atoms with Gasteiger partial charge >= 0.3 is 0 Å². The Morgan fingerprint density at radius 2 is 1.62 bits per heavy atom. The summed E-state index contributed by atoms with van der Waals surface area (Å²) in [7, 11) is 0. The van der Waals surface area contributed by atoms with Crippen LogP contribution in [0.15, 0.2) is 12.2 Å². The van der Waals surface area contributed by atoms with Crippen molar-refractivity contribution < 1.29 is 0 Å². The molecule has 0 aromatic heterocycles. The molecule has 2 aliphatic rings. The molecular formula is C12H21N. The third kappa shape index (κ3) is 2.57. The highest BCUT2D eigenvalue weighted by Crippen LogP contribution is 2.21. The fourth-order valence-corrected chi connectivity index (χ4v) is 2.61. The van der Waals surface area contributed by atoms with Crippen molar-refractivity contribution in [2.24, 2.45) is 0 Å². The van der Waals surface area contributed by atoms with E-state index in [9.17, 15) is 0 Å². The number of likely N-dealkylation sites (tertiary alicyclic amines) is 1. The number of hydrogen-bond acceptors (Lipinski definition) is 1. The lowest BCUT2D eigenvalue weighted by Gasteiger charge is -2.27. The highest BCUT2D eigenvalue weighted by molar-refractivity contribution is 4.88. The Morgan fingerprint density at radius 3 is 2.46 bits per heavy atom. The van der Waals surface area contributed by atoms with Crippen LogP contribution in [0.3, 0.4) is 0 Å². The van der Waals surface area contributed by atoms with Crippen LogP contribution in [-0.2, 0) is 0 Å². The van der Waals surface area contributed by atoms with Gasteiger partial charge in [-0.05, 0) is 58.0 Å². The van der Waals surface area contributed by atoms with Crippen molar-refractivity contribution in [2.45, 2.75) is 51.0 Å². The van der Waals surface area contributed by atoms with Gasteiger partial charge in [-0.3, -0.25) is 0 Å². The van der Waals surface area contributed by atoms with Gasteiger partial charge < -0.3 is 4.90 Å². The van der Waals surface area contributed by atoms with Crippen LogP contribution in [0.2, 0.25) is 0 Å². The molecule has 1 aliphatic heterocycles. The lowest BCUT2D eigenvalue weighted by molar-refractivity contribution is 0.215. The van der Waals surface area contributed by atoms with Gasteiger partial charge in [-0.2, -0.15) is 0 Å². The second-order valence-corrected chi connectivity index (χ2v) is 4.38. The molecule has 13 heavy (non-hydrogen) atoms. The van der Waals surface area contributed by atoms with E-state index < -0.39 is 0 Å². The maximum absolute atomic E-state index is 2.72. The molecular weight excluding hydrogens is 158 g/mol. The van der Waals surface area contributed by atoms with Crippen LogP contribution in [0.5, 0.6) is 0 Å². The number of nitrogens with zero attached hydrogens (tertiary/aromatic N) is 1. The highest BCUT2D eigenvalue weighted by atomic mass is 15.2. The van der Waals surface area contributed by atoms with Gasteiger partial charge in [0.1, 0.15) is 0 Å². The minimum atomic E-state index is 0.910. The molecule has 1 aliphatic carbocycles. The van der Waals surface area contributed by atoms with Crippen molar-refractivity contribution in [1.82, 2.24) is 4.90 Å². The molecule has 0 amide bonds. The number of allylic oxidation sites excluding steroid dienone is 2. The Kier molecular flexibility index (Phi) is 3.42. The van der Waals surface area contributed by atoms with Gasteiger partial charge in [-0.1, -0.05) is 12.2 Å². The van der Waals surface area contributed by atoms with Crippen molar-refractivity contribution in [2.75, 3.05) is 13.1 Å². The lowest BCUT2D eigenvalue weighted by atomic mass is 10.00. The number of hydrogen-bond donors (Lipinski definition) is 0. The molecule has 1 heterocycles. The summed E-state index contributed by atoms with van der Waals surface area (Å²) >= 11 is 0. The van der Waals surface area contributed by atoms with E-state index in [1.807, 2.05) is 0 Å². The van der Waals surface area contributed by atoms with Crippen LogP contribution in [0.25, 0.3) is 0 Å². The molecule has 2 rings (SSSR count). The normalized spacial score (nSPS) is 31.5. The van der Waals surface area contributed by atoms with Crippen LogP contribution < -0.4 is 0 Å². The topological polar surface area (TPSA) is 3.24 Å². The van der Waals surface area contributed by atoms with E-state index in [0.717, 1.165) is 6.04 Å². The van der Waals surface area contributed by atoms with Crippen LogP contribution in [0, 0.1) is 0 Å². The standard InChI is InChI=1S/C12H21N/c1-2-4-8-12(9-5-3-1)13-10-6-7-11-13/h1-2,12H,3-11H2. The maximum Gasteiger partial charge on any atom is 0.00983 e. The molecule has 0 saturated carbocycles. The van der Waals surface area contributed by atoms with Crippen molar-refractivity contribution >= 4 is 0 Å². The summed E-state index contributed by atoms with van der Waals surface area (Å²) in [6.07, 6.45) is 14.5. The molecule has 0 radical (unpaired) electrons. The lowest BCUT2D eigenvalue weighted by Crippen LogP contribution is -2.32. The number of rotatable bonds is 1. The summed E-state index contributed by atoms with van der Waals surface area (Å²) < 4.78 is 0. The molecule has 0 aromatic rings. The van der Waals surface area contributed by atoms with E-state index >= 15 is 0 Å². The first-order valence-corrected chi connectivity index (χ1v) is 5.86. The SMILES string of the molecule is C1=CCCC(N2CCCC2)CCC1. The molecule has 1 unspecified atom stereocenters. The summed E-state index contributed by atoms with van der Waals surface area (Å²) in [5.74, 6) is 0. The Labute approximate surface area is 81.8 Å². The third-order valence-corrected chi connectivity index (χ3v) is 3.40. The second-order valence-electron chi connectivity index (χ2n) is 4.38. The van der Waals surface area contributed by atoms with Gasteiger partial charge in [-0.25, -0.2) is 0 Å².